The van der Waals surface area contributed by atoms with Gasteiger partial charge < -0.3 is 0 Å². The summed E-state index contributed by atoms with van der Waals surface area (Å²) in [5.41, 5.74) is 3.74. The zero-order valence-corrected chi connectivity index (χ0v) is 11.5. The molecule has 1 aromatic rings. The van der Waals surface area contributed by atoms with Gasteiger partial charge in [-0.3, -0.25) is 4.79 Å². The van der Waals surface area contributed by atoms with Gasteiger partial charge in [0.2, 0.25) is 0 Å². The molecule has 0 aromatic heterocycles. The third-order valence-electron chi connectivity index (χ3n) is 4.17. The maximum Gasteiger partial charge on any atom is 0.150 e. The number of hydrogen-bond acceptors (Lipinski definition) is 1. The first-order chi connectivity index (χ1) is 8.86. The van der Waals surface area contributed by atoms with Crippen molar-refractivity contribution >= 4 is 6.29 Å². The molecule has 2 rings (SSSR count). The van der Waals surface area contributed by atoms with Crippen LogP contribution in [0.25, 0.3) is 0 Å². The van der Waals surface area contributed by atoms with Crippen LogP contribution in [0.15, 0.2) is 18.2 Å². The molecule has 1 aliphatic carbocycles. The van der Waals surface area contributed by atoms with Gasteiger partial charge in [-0.2, -0.15) is 0 Å². The van der Waals surface area contributed by atoms with E-state index in [2.05, 4.69) is 13.0 Å². The van der Waals surface area contributed by atoms with E-state index in [4.69, 9.17) is 0 Å². The second-order valence-electron chi connectivity index (χ2n) is 5.48. The highest BCUT2D eigenvalue weighted by atomic mass is 16.1. The zero-order valence-electron chi connectivity index (χ0n) is 11.5. The molecule has 1 nitrogen and oxygen atoms in total. The van der Waals surface area contributed by atoms with Crippen LogP contribution in [0.2, 0.25) is 0 Å². The first kappa shape index (κ1) is 13.3. The summed E-state index contributed by atoms with van der Waals surface area (Å²) >= 11 is 0. The Morgan fingerprint density at radius 2 is 2.00 bits per heavy atom. The fraction of sp³-hybridized carbons (Fsp3) is 0.588. The van der Waals surface area contributed by atoms with Gasteiger partial charge in [-0.15, -0.1) is 0 Å². The third kappa shape index (κ3) is 3.01. The van der Waals surface area contributed by atoms with E-state index in [0.717, 1.165) is 18.3 Å². The van der Waals surface area contributed by atoms with Crippen LogP contribution in [0, 0.1) is 0 Å². The minimum atomic E-state index is 0.631. The van der Waals surface area contributed by atoms with E-state index >= 15 is 0 Å². The average molecular weight is 244 g/mol. The van der Waals surface area contributed by atoms with Crippen LogP contribution in [0.4, 0.5) is 0 Å². The number of unbranched alkanes of at least 4 members (excludes halogenated alkanes) is 1. The summed E-state index contributed by atoms with van der Waals surface area (Å²) in [5.74, 6) is 0.631. The molecular weight excluding hydrogens is 220 g/mol. The second-order valence-corrected chi connectivity index (χ2v) is 5.48. The first-order valence-electron chi connectivity index (χ1n) is 7.43. The normalized spacial score (nSPS) is 16.7. The molecule has 0 bridgehead atoms. The van der Waals surface area contributed by atoms with E-state index in [1.165, 1.54) is 56.1 Å². The summed E-state index contributed by atoms with van der Waals surface area (Å²) in [5, 5.41) is 0. The Balaban J connectivity index is 2.30. The van der Waals surface area contributed by atoms with E-state index in [9.17, 15) is 4.79 Å². The molecule has 98 valence electrons. The van der Waals surface area contributed by atoms with Gasteiger partial charge in [-0.05, 0) is 42.7 Å². The quantitative estimate of drug-likeness (QED) is 0.674. The van der Waals surface area contributed by atoms with Crippen LogP contribution in [-0.4, -0.2) is 6.29 Å². The Morgan fingerprint density at radius 1 is 1.22 bits per heavy atom. The van der Waals surface area contributed by atoms with Crippen molar-refractivity contribution in [1.82, 2.24) is 0 Å². The molecule has 0 saturated heterocycles. The van der Waals surface area contributed by atoms with Crippen molar-refractivity contribution in [3.63, 3.8) is 0 Å². The van der Waals surface area contributed by atoms with E-state index in [1.807, 2.05) is 12.1 Å². The maximum absolute atomic E-state index is 11.3. The Hall–Kier alpha value is -1.11. The van der Waals surface area contributed by atoms with E-state index in [0.29, 0.717) is 5.92 Å². The van der Waals surface area contributed by atoms with Crippen molar-refractivity contribution < 1.29 is 4.79 Å². The Labute approximate surface area is 111 Å². The number of carbonyl (C=O) groups excluding carboxylic acids is 1. The lowest BCUT2D eigenvalue weighted by molar-refractivity contribution is 0.112. The summed E-state index contributed by atoms with van der Waals surface area (Å²) in [7, 11) is 0. The number of aryl methyl sites for hydroxylation is 1. The first-order valence-corrected chi connectivity index (χ1v) is 7.43. The number of hydrogen-bond donors (Lipinski definition) is 0. The van der Waals surface area contributed by atoms with E-state index in [1.54, 1.807) is 0 Å². The fourth-order valence-electron chi connectivity index (χ4n) is 3.21. The SMILES string of the molecule is CCCCc1cccc(C=O)c1C1CCCCC1. The lowest BCUT2D eigenvalue weighted by Crippen LogP contribution is -2.10. The average Bonchev–Trinajstić information content (AvgIpc) is 2.45. The predicted octanol–water partition coefficient (Wildman–Crippen LogP) is 4.89. The van der Waals surface area contributed by atoms with E-state index in [-0.39, 0.29) is 0 Å². The van der Waals surface area contributed by atoms with Crippen molar-refractivity contribution in [2.45, 2.75) is 64.2 Å². The number of carbonyl (C=O) groups is 1. The molecule has 1 aliphatic rings. The summed E-state index contributed by atoms with van der Waals surface area (Å²) in [4.78, 5) is 11.3. The highest BCUT2D eigenvalue weighted by Gasteiger charge is 2.20. The Kier molecular flexibility index (Phi) is 4.98. The lowest BCUT2D eigenvalue weighted by atomic mass is 9.79. The van der Waals surface area contributed by atoms with Crippen LogP contribution < -0.4 is 0 Å². The Bertz CT molecular complexity index is 389. The van der Waals surface area contributed by atoms with Gasteiger partial charge >= 0.3 is 0 Å². The van der Waals surface area contributed by atoms with Gasteiger partial charge in [0.05, 0.1) is 0 Å². The second kappa shape index (κ2) is 6.72. The minimum absolute atomic E-state index is 0.631. The van der Waals surface area contributed by atoms with Gasteiger partial charge in [0, 0.05) is 5.56 Å². The van der Waals surface area contributed by atoms with Crippen molar-refractivity contribution in [1.29, 1.82) is 0 Å². The molecule has 0 aliphatic heterocycles. The molecule has 0 spiro atoms. The fourth-order valence-corrected chi connectivity index (χ4v) is 3.21. The zero-order chi connectivity index (χ0) is 12.8. The molecule has 0 atom stereocenters. The largest absolute Gasteiger partial charge is 0.298 e. The number of benzene rings is 1. The van der Waals surface area contributed by atoms with Crippen LogP contribution in [0.1, 0.15) is 79.3 Å². The molecule has 1 saturated carbocycles. The highest BCUT2D eigenvalue weighted by molar-refractivity contribution is 5.78. The third-order valence-corrected chi connectivity index (χ3v) is 4.17. The summed E-state index contributed by atoms with van der Waals surface area (Å²) in [6, 6.07) is 6.26. The maximum atomic E-state index is 11.3. The highest BCUT2D eigenvalue weighted by Crippen LogP contribution is 2.36. The van der Waals surface area contributed by atoms with Gasteiger partial charge in [-0.25, -0.2) is 0 Å². The van der Waals surface area contributed by atoms with Gasteiger partial charge in [0.25, 0.3) is 0 Å². The van der Waals surface area contributed by atoms with Crippen LogP contribution in [0.3, 0.4) is 0 Å². The lowest BCUT2D eigenvalue weighted by Gasteiger charge is -2.25. The molecule has 0 unspecified atom stereocenters. The van der Waals surface area contributed by atoms with Gasteiger partial charge in [0.15, 0.2) is 0 Å². The van der Waals surface area contributed by atoms with Crippen molar-refractivity contribution in [2.75, 3.05) is 0 Å². The summed E-state index contributed by atoms with van der Waals surface area (Å²) in [6.45, 7) is 2.23. The monoisotopic (exact) mass is 244 g/mol. The molecule has 0 radical (unpaired) electrons. The Morgan fingerprint density at radius 3 is 2.67 bits per heavy atom. The summed E-state index contributed by atoms with van der Waals surface area (Å²) in [6.07, 6.45) is 11.2. The molecule has 0 heterocycles. The number of aldehydes is 1. The van der Waals surface area contributed by atoms with E-state index < -0.39 is 0 Å². The topological polar surface area (TPSA) is 17.1 Å². The molecule has 0 amide bonds. The van der Waals surface area contributed by atoms with Gasteiger partial charge in [-0.1, -0.05) is 50.8 Å². The molecule has 0 N–H and O–H groups in total. The van der Waals surface area contributed by atoms with Crippen molar-refractivity contribution in [3.05, 3.63) is 34.9 Å². The molecule has 1 fully saturated rings. The molecular formula is C17H24O. The van der Waals surface area contributed by atoms with Crippen LogP contribution in [0.5, 0.6) is 0 Å². The molecule has 1 aromatic carbocycles. The summed E-state index contributed by atoms with van der Waals surface area (Å²) < 4.78 is 0. The number of rotatable bonds is 5. The molecule has 18 heavy (non-hydrogen) atoms. The predicted molar refractivity (Wildman–Crippen MR) is 76.3 cm³/mol. The minimum Gasteiger partial charge on any atom is -0.298 e. The smallest absolute Gasteiger partial charge is 0.150 e. The van der Waals surface area contributed by atoms with Crippen LogP contribution >= 0.6 is 0 Å². The van der Waals surface area contributed by atoms with Crippen molar-refractivity contribution in [3.8, 4) is 0 Å². The van der Waals surface area contributed by atoms with Gasteiger partial charge in [0.1, 0.15) is 6.29 Å². The van der Waals surface area contributed by atoms with Crippen LogP contribution in [-0.2, 0) is 6.42 Å². The van der Waals surface area contributed by atoms with Crippen molar-refractivity contribution in [2.24, 2.45) is 0 Å². The molecule has 1 heteroatoms. The standard InChI is InChI=1S/C17H24O/c1-2-3-8-14-11-7-12-16(13-18)17(14)15-9-5-4-6-10-15/h7,11-13,15H,2-6,8-10H2,1H3.